The average Bonchev–Trinajstić information content (AvgIpc) is 3.02. The molecule has 27 heavy (non-hydrogen) atoms. The van der Waals surface area contributed by atoms with Crippen LogP contribution in [-0.2, 0) is 14.3 Å². The van der Waals surface area contributed by atoms with Gasteiger partial charge in [0.05, 0.1) is 17.9 Å². The third-order valence-corrected chi connectivity index (χ3v) is 5.05. The summed E-state index contributed by atoms with van der Waals surface area (Å²) >= 11 is 1.29. The van der Waals surface area contributed by atoms with Crippen molar-refractivity contribution in [1.82, 2.24) is 19.9 Å². The van der Waals surface area contributed by atoms with Gasteiger partial charge in [-0.05, 0) is 56.3 Å². The SMILES string of the molecule is CCOC(=O)CNC(=O)CSc1nnc2c(C)cc3cc(C)cc(C)c3n12. The van der Waals surface area contributed by atoms with E-state index in [0.717, 1.165) is 27.7 Å². The number of aryl methyl sites for hydroxylation is 3. The van der Waals surface area contributed by atoms with Crippen molar-refractivity contribution in [3.8, 4) is 0 Å². The second kappa shape index (κ2) is 7.96. The molecule has 0 aliphatic rings. The van der Waals surface area contributed by atoms with Crippen LogP contribution in [0.4, 0.5) is 0 Å². The first kappa shape index (κ1) is 19.2. The summed E-state index contributed by atoms with van der Waals surface area (Å²) in [4.78, 5) is 23.4. The number of fused-ring (bicyclic) bond motifs is 3. The molecule has 1 amide bonds. The van der Waals surface area contributed by atoms with Gasteiger partial charge in [-0.2, -0.15) is 0 Å². The molecule has 142 valence electrons. The Morgan fingerprint density at radius 1 is 1.15 bits per heavy atom. The Labute approximate surface area is 161 Å². The summed E-state index contributed by atoms with van der Waals surface area (Å²) in [7, 11) is 0. The first-order valence-corrected chi connectivity index (χ1v) is 9.70. The predicted molar refractivity (Wildman–Crippen MR) is 105 cm³/mol. The van der Waals surface area contributed by atoms with E-state index in [-0.39, 0.29) is 18.2 Å². The van der Waals surface area contributed by atoms with Crippen LogP contribution in [-0.4, -0.2) is 45.4 Å². The molecule has 0 saturated carbocycles. The Bertz CT molecular complexity index is 1030. The number of amides is 1. The lowest BCUT2D eigenvalue weighted by atomic mass is 10.1. The van der Waals surface area contributed by atoms with Gasteiger partial charge in [0.15, 0.2) is 10.8 Å². The van der Waals surface area contributed by atoms with Gasteiger partial charge >= 0.3 is 5.97 Å². The number of rotatable bonds is 6. The number of ether oxygens (including phenoxy) is 1. The zero-order valence-electron chi connectivity index (χ0n) is 15.8. The monoisotopic (exact) mass is 386 g/mol. The largest absolute Gasteiger partial charge is 0.465 e. The molecule has 0 radical (unpaired) electrons. The summed E-state index contributed by atoms with van der Waals surface area (Å²) in [6.45, 7) is 8.02. The molecule has 1 N–H and O–H groups in total. The number of aromatic nitrogens is 3. The van der Waals surface area contributed by atoms with E-state index in [1.165, 1.54) is 17.3 Å². The lowest BCUT2D eigenvalue weighted by Gasteiger charge is -2.10. The molecule has 2 heterocycles. The van der Waals surface area contributed by atoms with E-state index in [1.807, 2.05) is 11.3 Å². The minimum Gasteiger partial charge on any atom is -0.465 e. The number of hydrogen-bond acceptors (Lipinski definition) is 6. The molecule has 3 rings (SSSR count). The fourth-order valence-electron chi connectivity index (χ4n) is 3.09. The number of nitrogens with one attached hydrogen (secondary N) is 1. The topological polar surface area (TPSA) is 85.6 Å². The Balaban J connectivity index is 1.85. The molecule has 0 fully saturated rings. The smallest absolute Gasteiger partial charge is 0.325 e. The van der Waals surface area contributed by atoms with E-state index in [1.54, 1.807) is 6.92 Å². The van der Waals surface area contributed by atoms with Crippen LogP contribution < -0.4 is 5.32 Å². The van der Waals surface area contributed by atoms with Gasteiger partial charge in [0.25, 0.3) is 0 Å². The molecule has 0 atom stereocenters. The highest BCUT2D eigenvalue weighted by molar-refractivity contribution is 7.99. The molecule has 0 spiro atoms. The molecular weight excluding hydrogens is 364 g/mol. The highest BCUT2D eigenvalue weighted by atomic mass is 32.2. The minimum atomic E-state index is -0.448. The van der Waals surface area contributed by atoms with Gasteiger partial charge in [-0.3, -0.25) is 14.0 Å². The van der Waals surface area contributed by atoms with E-state index < -0.39 is 5.97 Å². The lowest BCUT2D eigenvalue weighted by molar-refractivity contribution is -0.143. The average molecular weight is 386 g/mol. The van der Waals surface area contributed by atoms with Gasteiger partial charge in [0.2, 0.25) is 5.91 Å². The second-order valence-electron chi connectivity index (χ2n) is 6.36. The van der Waals surface area contributed by atoms with Crippen LogP contribution in [0.5, 0.6) is 0 Å². The fourth-order valence-corrected chi connectivity index (χ4v) is 3.86. The molecule has 0 aliphatic heterocycles. The molecule has 2 aromatic heterocycles. The summed E-state index contributed by atoms with van der Waals surface area (Å²) < 4.78 is 6.80. The van der Waals surface area contributed by atoms with Gasteiger partial charge in [-0.15, -0.1) is 10.2 Å². The van der Waals surface area contributed by atoms with E-state index >= 15 is 0 Å². The standard InChI is InChI=1S/C19H22N4O3S/c1-5-26-16(25)9-20-15(24)10-27-19-22-21-18-13(4)8-14-7-11(2)6-12(3)17(14)23(18)19/h6-8H,5,9-10H2,1-4H3,(H,20,24). The quantitative estimate of drug-likeness (QED) is 0.518. The van der Waals surface area contributed by atoms with Crippen molar-refractivity contribution in [3.63, 3.8) is 0 Å². The number of benzene rings is 1. The Kier molecular flexibility index (Phi) is 5.65. The first-order valence-electron chi connectivity index (χ1n) is 8.71. The summed E-state index contributed by atoms with van der Waals surface area (Å²) in [5.41, 5.74) is 5.17. The number of esters is 1. The number of nitrogens with zero attached hydrogens (tertiary/aromatic N) is 3. The number of hydrogen-bond donors (Lipinski definition) is 1. The maximum absolute atomic E-state index is 12.0. The van der Waals surface area contributed by atoms with Gasteiger partial charge < -0.3 is 10.1 Å². The Morgan fingerprint density at radius 2 is 1.93 bits per heavy atom. The van der Waals surface area contributed by atoms with E-state index in [9.17, 15) is 9.59 Å². The summed E-state index contributed by atoms with van der Waals surface area (Å²) in [6.07, 6.45) is 0. The molecule has 1 aromatic carbocycles. The Hall–Kier alpha value is -2.61. The molecule has 3 aromatic rings. The predicted octanol–water partition coefficient (Wildman–Crippen LogP) is 2.58. The van der Waals surface area contributed by atoms with Crippen molar-refractivity contribution in [2.45, 2.75) is 32.9 Å². The van der Waals surface area contributed by atoms with Crippen LogP contribution in [0.25, 0.3) is 16.6 Å². The third-order valence-electron chi connectivity index (χ3n) is 4.12. The maximum atomic E-state index is 12.0. The van der Waals surface area contributed by atoms with Crippen LogP contribution in [0.1, 0.15) is 23.6 Å². The van der Waals surface area contributed by atoms with Crippen molar-refractivity contribution in [3.05, 3.63) is 34.9 Å². The van der Waals surface area contributed by atoms with Gasteiger partial charge in [0, 0.05) is 0 Å². The maximum Gasteiger partial charge on any atom is 0.325 e. The van der Waals surface area contributed by atoms with Crippen molar-refractivity contribution in [2.24, 2.45) is 0 Å². The number of carbonyl (C=O) groups excluding carboxylic acids is 2. The van der Waals surface area contributed by atoms with Gasteiger partial charge in [-0.1, -0.05) is 23.4 Å². The lowest BCUT2D eigenvalue weighted by Crippen LogP contribution is -2.31. The molecule has 8 heteroatoms. The summed E-state index contributed by atoms with van der Waals surface area (Å²) in [6, 6.07) is 6.37. The number of thioether (sulfide) groups is 1. The van der Waals surface area contributed by atoms with Crippen LogP contribution in [0.2, 0.25) is 0 Å². The molecular formula is C19H22N4O3S. The molecule has 7 nitrogen and oxygen atoms in total. The van der Waals surface area contributed by atoms with Gasteiger partial charge in [0.1, 0.15) is 6.54 Å². The van der Waals surface area contributed by atoms with Crippen molar-refractivity contribution in [1.29, 1.82) is 0 Å². The molecule has 0 bridgehead atoms. The normalized spacial score (nSPS) is 11.1. The zero-order chi connectivity index (χ0) is 19.6. The van der Waals surface area contributed by atoms with E-state index in [0.29, 0.717) is 11.8 Å². The van der Waals surface area contributed by atoms with Crippen molar-refractivity contribution < 1.29 is 14.3 Å². The molecule has 0 unspecified atom stereocenters. The third kappa shape index (κ3) is 4.05. The highest BCUT2D eigenvalue weighted by Crippen LogP contribution is 2.28. The van der Waals surface area contributed by atoms with Crippen LogP contribution >= 0.6 is 11.8 Å². The summed E-state index contributed by atoms with van der Waals surface area (Å²) in [5.74, 6) is -0.564. The van der Waals surface area contributed by atoms with E-state index in [2.05, 4.69) is 47.6 Å². The number of pyridine rings is 1. The first-order chi connectivity index (χ1) is 12.9. The van der Waals surface area contributed by atoms with Crippen molar-refractivity contribution in [2.75, 3.05) is 18.9 Å². The Morgan fingerprint density at radius 3 is 2.67 bits per heavy atom. The van der Waals surface area contributed by atoms with Crippen molar-refractivity contribution >= 4 is 40.2 Å². The fraction of sp³-hybridized carbons (Fsp3) is 0.368. The van der Waals surface area contributed by atoms with Crippen LogP contribution in [0.3, 0.4) is 0 Å². The molecule has 0 saturated heterocycles. The number of carbonyl (C=O) groups is 2. The minimum absolute atomic E-state index is 0.131. The summed E-state index contributed by atoms with van der Waals surface area (Å²) in [5, 5.41) is 12.9. The van der Waals surface area contributed by atoms with E-state index in [4.69, 9.17) is 4.74 Å². The van der Waals surface area contributed by atoms with Crippen LogP contribution in [0, 0.1) is 20.8 Å². The second-order valence-corrected chi connectivity index (χ2v) is 7.30. The molecule has 0 aliphatic carbocycles. The zero-order valence-corrected chi connectivity index (χ0v) is 16.6. The highest BCUT2D eigenvalue weighted by Gasteiger charge is 2.15. The van der Waals surface area contributed by atoms with Crippen LogP contribution in [0.15, 0.2) is 23.4 Å². The van der Waals surface area contributed by atoms with Gasteiger partial charge in [-0.25, -0.2) is 0 Å².